The van der Waals surface area contributed by atoms with E-state index in [4.69, 9.17) is 5.73 Å². The number of nitrogens with zero attached hydrogens (tertiary/aromatic N) is 1. The lowest BCUT2D eigenvalue weighted by Gasteiger charge is -2.15. The average molecular weight is 240 g/mol. The van der Waals surface area contributed by atoms with Crippen molar-refractivity contribution in [3.8, 4) is 11.1 Å². The molecular weight excluding hydrogens is 220 g/mol. The van der Waals surface area contributed by atoms with Crippen molar-refractivity contribution in [1.29, 1.82) is 0 Å². The Balaban J connectivity index is 2.70. The lowest BCUT2D eigenvalue weighted by Crippen LogP contribution is -1.99. The zero-order valence-electron chi connectivity index (χ0n) is 11.5. The number of hydrogen-bond acceptors (Lipinski definition) is 2. The first-order valence-electron chi connectivity index (χ1n) is 6.26. The van der Waals surface area contributed by atoms with Crippen LogP contribution in [0.15, 0.2) is 24.5 Å². The van der Waals surface area contributed by atoms with Gasteiger partial charge in [0.15, 0.2) is 0 Å². The van der Waals surface area contributed by atoms with Crippen molar-refractivity contribution in [2.24, 2.45) is 5.73 Å². The highest BCUT2D eigenvalue weighted by atomic mass is 14.6. The molecule has 1 aromatic carbocycles. The van der Waals surface area contributed by atoms with Crippen molar-refractivity contribution in [3.05, 3.63) is 52.3 Å². The number of aryl methyl sites for hydroxylation is 2. The maximum atomic E-state index is 5.69. The Morgan fingerprint density at radius 2 is 1.56 bits per heavy atom. The fourth-order valence-corrected chi connectivity index (χ4v) is 2.39. The van der Waals surface area contributed by atoms with Crippen LogP contribution in [0.4, 0.5) is 0 Å². The highest BCUT2D eigenvalue weighted by Gasteiger charge is 2.11. The summed E-state index contributed by atoms with van der Waals surface area (Å²) in [7, 11) is 0. The molecule has 0 radical (unpaired) electrons. The van der Waals surface area contributed by atoms with Gasteiger partial charge in [-0.05, 0) is 67.1 Å². The molecule has 0 fully saturated rings. The molecule has 0 saturated carbocycles. The Hall–Kier alpha value is -1.67. The van der Waals surface area contributed by atoms with Crippen LogP contribution < -0.4 is 5.73 Å². The van der Waals surface area contributed by atoms with Crippen LogP contribution in [0.2, 0.25) is 0 Å². The molecule has 2 heteroatoms. The number of rotatable bonds is 2. The van der Waals surface area contributed by atoms with Gasteiger partial charge in [-0.2, -0.15) is 0 Å². The molecule has 0 unspecified atom stereocenters. The van der Waals surface area contributed by atoms with E-state index in [2.05, 4.69) is 44.8 Å². The lowest BCUT2D eigenvalue weighted by atomic mass is 9.90. The van der Waals surface area contributed by atoms with Crippen LogP contribution >= 0.6 is 0 Å². The van der Waals surface area contributed by atoms with Gasteiger partial charge in [-0.25, -0.2) is 0 Å². The first-order chi connectivity index (χ1) is 8.54. The molecule has 2 N–H and O–H groups in total. The molecular formula is C16H20N2. The van der Waals surface area contributed by atoms with E-state index in [9.17, 15) is 0 Å². The maximum Gasteiger partial charge on any atom is 0.0346 e. The molecule has 2 nitrogen and oxygen atoms in total. The summed E-state index contributed by atoms with van der Waals surface area (Å²) in [5.41, 5.74) is 14.5. The smallest absolute Gasteiger partial charge is 0.0346 e. The van der Waals surface area contributed by atoms with Crippen molar-refractivity contribution in [2.45, 2.75) is 34.2 Å². The van der Waals surface area contributed by atoms with E-state index in [0.29, 0.717) is 6.54 Å². The number of aromatic nitrogens is 1. The summed E-state index contributed by atoms with van der Waals surface area (Å²) in [4.78, 5) is 4.29. The zero-order valence-corrected chi connectivity index (χ0v) is 11.5. The van der Waals surface area contributed by atoms with E-state index in [-0.39, 0.29) is 0 Å². The summed E-state index contributed by atoms with van der Waals surface area (Å²) < 4.78 is 0. The molecule has 0 atom stereocenters. The fraction of sp³-hybridized carbons (Fsp3) is 0.312. The normalized spacial score (nSPS) is 10.7. The second-order valence-electron chi connectivity index (χ2n) is 4.92. The Morgan fingerprint density at radius 1 is 0.944 bits per heavy atom. The van der Waals surface area contributed by atoms with Gasteiger partial charge in [-0.3, -0.25) is 4.98 Å². The van der Waals surface area contributed by atoms with Crippen LogP contribution in [0, 0.1) is 27.7 Å². The van der Waals surface area contributed by atoms with Gasteiger partial charge in [-0.15, -0.1) is 0 Å². The third-order valence-electron chi connectivity index (χ3n) is 3.69. The summed E-state index contributed by atoms with van der Waals surface area (Å²) in [6.45, 7) is 9.19. The van der Waals surface area contributed by atoms with Gasteiger partial charge in [-0.1, -0.05) is 6.07 Å². The Morgan fingerprint density at radius 3 is 2.11 bits per heavy atom. The minimum Gasteiger partial charge on any atom is -0.326 e. The average Bonchev–Trinajstić information content (AvgIpc) is 2.37. The Labute approximate surface area is 109 Å². The molecule has 0 aliphatic carbocycles. The number of pyridine rings is 1. The minimum atomic E-state index is 0.531. The first-order valence-corrected chi connectivity index (χ1v) is 6.26. The van der Waals surface area contributed by atoms with E-state index in [0.717, 1.165) is 5.56 Å². The zero-order chi connectivity index (χ0) is 13.3. The van der Waals surface area contributed by atoms with Crippen LogP contribution in [0.1, 0.15) is 27.8 Å². The van der Waals surface area contributed by atoms with Crippen LogP contribution in [-0.2, 0) is 6.54 Å². The van der Waals surface area contributed by atoms with Crippen molar-refractivity contribution in [3.63, 3.8) is 0 Å². The molecule has 0 aliphatic rings. The van der Waals surface area contributed by atoms with Gasteiger partial charge in [0.25, 0.3) is 0 Å². The monoisotopic (exact) mass is 240 g/mol. The fourth-order valence-electron chi connectivity index (χ4n) is 2.39. The molecule has 1 heterocycles. The van der Waals surface area contributed by atoms with Gasteiger partial charge in [0.1, 0.15) is 0 Å². The third kappa shape index (κ3) is 2.16. The van der Waals surface area contributed by atoms with Crippen molar-refractivity contribution >= 4 is 0 Å². The molecule has 0 aliphatic heterocycles. The van der Waals surface area contributed by atoms with E-state index >= 15 is 0 Å². The number of nitrogens with two attached hydrogens (primary N) is 1. The predicted octanol–water partition coefficient (Wildman–Crippen LogP) is 3.44. The van der Waals surface area contributed by atoms with E-state index in [1.54, 1.807) is 0 Å². The Bertz CT molecular complexity index is 560. The van der Waals surface area contributed by atoms with E-state index in [1.165, 1.54) is 33.4 Å². The summed E-state index contributed by atoms with van der Waals surface area (Å²) >= 11 is 0. The summed E-state index contributed by atoms with van der Waals surface area (Å²) in [5.74, 6) is 0. The summed E-state index contributed by atoms with van der Waals surface area (Å²) in [6.07, 6.45) is 3.75. The Kier molecular flexibility index (Phi) is 3.48. The molecule has 18 heavy (non-hydrogen) atoms. The van der Waals surface area contributed by atoms with E-state index in [1.807, 2.05) is 12.4 Å². The first kappa shape index (κ1) is 12.8. The topological polar surface area (TPSA) is 38.9 Å². The molecule has 0 spiro atoms. The van der Waals surface area contributed by atoms with Gasteiger partial charge < -0.3 is 5.73 Å². The molecule has 0 bridgehead atoms. The van der Waals surface area contributed by atoms with Crippen LogP contribution in [-0.4, -0.2) is 4.98 Å². The molecule has 0 saturated heterocycles. The maximum absolute atomic E-state index is 5.69. The third-order valence-corrected chi connectivity index (χ3v) is 3.69. The van der Waals surface area contributed by atoms with Crippen LogP contribution in [0.3, 0.4) is 0 Å². The van der Waals surface area contributed by atoms with Gasteiger partial charge in [0, 0.05) is 24.5 Å². The van der Waals surface area contributed by atoms with Gasteiger partial charge >= 0.3 is 0 Å². The summed E-state index contributed by atoms with van der Waals surface area (Å²) in [6, 6.07) is 4.38. The van der Waals surface area contributed by atoms with E-state index < -0.39 is 0 Å². The second-order valence-corrected chi connectivity index (χ2v) is 4.92. The number of hydrogen-bond donors (Lipinski definition) is 1. The SMILES string of the molecule is Cc1cc(C)c(C)c(-c2cncc(CN)c2)c1C. The largest absolute Gasteiger partial charge is 0.326 e. The molecule has 1 aromatic heterocycles. The van der Waals surface area contributed by atoms with Crippen molar-refractivity contribution in [1.82, 2.24) is 4.98 Å². The number of benzene rings is 1. The van der Waals surface area contributed by atoms with Crippen LogP contribution in [0.5, 0.6) is 0 Å². The molecule has 0 amide bonds. The van der Waals surface area contributed by atoms with Gasteiger partial charge in [0.2, 0.25) is 0 Å². The molecule has 2 aromatic rings. The van der Waals surface area contributed by atoms with Crippen molar-refractivity contribution < 1.29 is 0 Å². The molecule has 2 rings (SSSR count). The standard InChI is InChI=1S/C16H20N2/c1-10-5-11(2)13(4)16(12(10)3)15-6-14(7-17)8-18-9-15/h5-6,8-9H,7,17H2,1-4H3. The lowest BCUT2D eigenvalue weighted by molar-refractivity contribution is 1.05. The predicted molar refractivity (Wildman–Crippen MR) is 76.5 cm³/mol. The minimum absolute atomic E-state index is 0.531. The van der Waals surface area contributed by atoms with Gasteiger partial charge in [0.05, 0.1) is 0 Å². The van der Waals surface area contributed by atoms with Crippen molar-refractivity contribution in [2.75, 3.05) is 0 Å². The second kappa shape index (κ2) is 4.91. The molecule has 94 valence electrons. The van der Waals surface area contributed by atoms with Crippen LogP contribution in [0.25, 0.3) is 11.1 Å². The highest BCUT2D eigenvalue weighted by molar-refractivity contribution is 5.73. The highest BCUT2D eigenvalue weighted by Crippen LogP contribution is 2.31. The quantitative estimate of drug-likeness (QED) is 0.873. The summed E-state index contributed by atoms with van der Waals surface area (Å²) in [5, 5.41) is 0.